The zero-order chi connectivity index (χ0) is 14.3. The van der Waals surface area contributed by atoms with Crippen molar-refractivity contribution in [3.8, 4) is 11.6 Å². The van der Waals surface area contributed by atoms with Gasteiger partial charge >= 0.3 is 0 Å². The molecule has 1 aromatic carbocycles. The molecular weight excluding hydrogens is 254 g/mol. The van der Waals surface area contributed by atoms with E-state index in [0.29, 0.717) is 11.6 Å². The van der Waals surface area contributed by atoms with Crippen LogP contribution in [-0.4, -0.2) is 19.7 Å². The molecule has 0 radical (unpaired) electrons. The molecule has 0 unspecified atom stereocenters. The van der Waals surface area contributed by atoms with Crippen LogP contribution in [0.3, 0.4) is 0 Å². The molecule has 0 spiro atoms. The van der Waals surface area contributed by atoms with E-state index < -0.39 is 0 Å². The summed E-state index contributed by atoms with van der Waals surface area (Å²) in [5.41, 5.74) is 8.96. The van der Waals surface area contributed by atoms with Crippen LogP contribution in [0.25, 0.3) is 10.9 Å². The van der Waals surface area contributed by atoms with Gasteiger partial charge in [0.1, 0.15) is 12.0 Å². The normalized spacial score (nSPS) is 10.9. The number of rotatable bonds is 2. The molecule has 2 aromatic heterocycles. The molecule has 0 amide bonds. The molecule has 20 heavy (non-hydrogen) atoms. The maximum Gasteiger partial charge on any atom is 0.230 e. The third-order valence-corrected chi connectivity index (χ3v) is 3.27. The van der Waals surface area contributed by atoms with Gasteiger partial charge in [-0.25, -0.2) is 9.97 Å². The first-order valence-corrected chi connectivity index (χ1v) is 6.24. The van der Waals surface area contributed by atoms with E-state index in [9.17, 15) is 0 Å². The first kappa shape index (κ1) is 12.4. The van der Waals surface area contributed by atoms with Crippen molar-refractivity contribution in [3.05, 3.63) is 35.9 Å². The minimum absolute atomic E-state index is 0.509. The Hall–Kier alpha value is -2.63. The van der Waals surface area contributed by atoms with Gasteiger partial charge in [0.05, 0.1) is 16.6 Å². The Morgan fingerprint density at radius 2 is 2.00 bits per heavy atom. The topological polar surface area (TPSA) is 78.8 Å². The Kier molecular flexibility index (Phi) is 2.78. The molecule has 2 N–H and O–H groups in total. The first-order valence-electron chi connectivity index (χ1n) is 6.24. The summed E-state index contributed by atoms with van der Waals surface area (Å²) >= 11 is 0. The van der Waals surface area contributed by atoms with E-state index in [0.717, 1.165) is 28.0 Å². The summed E-state index contributed by atoms with van der Waals surface area (Å²) in [7, 11) is 1.88. The molecule has 0 aliphatic heterocycles. The van der Waals surface area contributed by atoms with Gasteiger partial charge < -0.3 is 10.5 Å². The lowest BCUT2D eigenvalue weighted by Crippen LogP contribution is -1.95. The van der Waals surface area contributed by atoms with Crippen LogP contribution in [0.1, 0.15) is 11.4 Å². The minimum atomic E-state index is 0.509. The number of hydrogen-bond donors (Lipinski definition) is 1. The number of benzene rings is 1. The van der Waals surface area contributed by atoms with Crippen molar-refractivity contribution < 1.29 is 4.74 Å². The summed E-state index contributed by atoms with van der Waals surface area (Å²) in [6.07, 6.45) is 1.47. The summed E-state index contributed by atoms with van der Waals surface area (Å²) in [6, 6.07) is 5.47. The maximum atomic E-state index is 5.94. The minimum Gasteiger partial charge on any atom is -0.434 e. The molecule has 0 saturated carbocycles. The van der Waals surface area contributed by atoms with Gasteiger partial charge in [0.15, 0.2) is 5.75 Å². The van der Waals surface area contributed by atoms with Crippen molar-refractivity contribution in [1.29, 1.82) is 0 Å². The van der Waals surface area contributed by atoms with Crippen LogP contribution in [0, 0.1) is 13.8 Å². The monoisotopic (exact) mass is 269 g/mol. The lowest BCUT2D eigenvalue weighted by atomic mass is 10.2. The second-order valence-corrected chi connectivity index (χ2v) is 4.68. The molecular formula is C14H15N5O. The molecule has 0 fully saturated rings. The van der Waals surface area contributed by atoms with Gasteiger partial charge in [-0.2, -0.15) is 5.10 Å². The molecule has 3 rings (SSSR count). The van der Waals surface area contributed by atoms with E-state index in [-0.39, 0.29) is 0 Å². The van der Waals surface area contributed by atoms with E-state index in [2.05, 4.69) is 15.1 Å². The number of nitrogen functional groups attached to an aromatic ring is 1. The summed E-state index contributed by atoms with van der Waals surface area (Å²) in [5, 5.41) is 5.15. The quantitative estimate of drug-likeness (QED) is 0.722. The highest BCUT2D eigenvalue weighted by molar-refractivity contribution is 5.86. The standard InChI is InChI=1S/C14H15N5O/c1-8-13(9(2)19(3)18-8)20-14-11-5-4-10(15)6-12(11)16-7-17-14/h4-7H,15H2,1-3H3. The van der Waals surface area contributed by atoms with Crippen molar-refractivity contribution in [2.75, 3.05) is 5.73 Å². The molecule has 0 aliphatic rings. The number of aromatic nitrogens is 4. The number of aryl methyl sites for hydroxylation is 2. The zero-order valence-electron chi connectivity index (χ0n) is 11.6. The van der Waals surface area contributed by atoms with Crippen LogP contribution in [-0.2, 0) is 7.05 Å². The fraction of sp³-hybridized carbons (Fsp3) is 0.214. The van der Waals surface area contributed by atoms with Crippen LogP contribution in [0.2, 0.25) is 0 Å². The Morgan fingerprint density at radius 3 is 2.70 bits per heavy atom. The molecule has 3 aromatic rings. The van der Waals surface area contributed by atoms with Gasteiger partial charge in [0.2, 0.25) is 5.88 Å². The van der Waals surface area contributed by atoms with Crippen molar-refractivity contribution >= 4 is 16.6 Å². The highest BCUT2D eigenvalue weighted by atomic mass is 16.5. The number of hydrogen-bond acceptors (Lipinski definition) is 5. The van der Waals surface area contributed by atoms with Gasteiger partial charge in [-0.15, -0.1) is 0 Å². The molecule has 6 heteroatoms. The van der Waals surface area contributed by atoms with Crippen LogP contribution in [0.15, 0.2) is 24.5 Å². The molecule has 0 atom stereocenters. The van der Waals surface area contributed by atoms with E-state index in [1.165, 1.54) is 6.33 Å². The maximum absolute atomic E-state index is 5.94. The zero-order valence-corrected chi connectivity index (χ0v) is 11.6. The number of nitrogens with two attached hydrogens (primary N) is 1. The second kappa shape index (κ2) is 4.48. The van der Waals surface area contributed by atoms with E-state index >= 15 is 0 Å². The van der Waals surface area contributed by atoms with E-state index in [1.54, 1.807) is 10.7 Å². The van der Waals surface area contributed by atoms with Crippen molar-refractivity contribution in [2.24, 2.45) is 7.05 Å². The summed E-state index contributed by atoms with van der Waals surface area (Å²) in [6.45, 7) is 3.86. The molecule has 102 valence electrons. The average molecular weight is 269 g/mol. The first-order chi connectivity index (χ1) is 9.56. The van der Waals surface area contributed by atoms with Gasteiger partial charge in [-0.1, -0.05) is 0 Å². The van der Waals surface area contributed by atoms with E-state index in [1.807, 2.05) is 33.0 Å². The fourth-order valence-corrected chi connectivity index (χ4v) is 2.13. The molecule has 2 heterocycles. The highest BCUT2D eigenvalue weighted by Gasteiger charge is 2.14. The van der Waals surface area contributed by atoms with Crippen molar-refractivity contribution in [1.82, 2.24) is 19.7 Å². The third kappa shape index (κ3) is 1.95. The average Bonchev–Trinajstić information content (AvgIpc) is 2.65. The fourth-order valence-electron chi connectivity index (χ4n) is 2.13. The number of ether oxygens (including phenoxy) is 1. The molecule has 0 saturated heterocycles. The highest BCUT2D eigenvalue weighted by Crippen LogP contribution is 2.31. The predicted octanol–water partition coefficient (Wildman–Crippen LogP) is 2.35. The van der Waals surface area contributed by atoms with Gasteiger partial charge in [0, 0.05) is 12.7 Å². The van der Waals surface area contributed by atoms with Crippen LogP contribution >= 0.6 is 0 Å². The van der Waals surface area contributed by atoms with Crippen LogP contribution < -0.4 is 10.5 Å². The molecule has 6 nitrogen and oxygen atoms in total. The predicted molar refractivity (Wildman–Crippen MR) is 76.7 cm³/mol. The lowest BCUT2D eigenvalue weighted by Gasteiger charge is -2.08. The third-order valence-electron chi connectivity index (χ3n) is 3.27. The van der Waals surface area contributed by atoms with Crippen LogP contribution in [0.5, 0.6) is 11.6 Å². The Bertz CT molecular complexity index is 794. The number of anilines is 1. The summed E-state index contributed by atoms with van der Waals surface area (Å²) < 4.78 is 7.72. The van der Waals surface area contributed by atoms with Gasteiger partial charge in [-0.3, -0.25) is 4.68 Å². The smallest absolute Gasteiger partial charge is 0.230 e. The Labute approximate surface area is 116 Å². The van der Waals surface area contributed by atoms with Gasteiger partial charge in [0.25, 0.3) is 0 Å². The van der Waals surface area contributed by atoms with Crippen molar-refractivity contribution in [3.63, 3.8) is 0 Å². The van der Waals surface area contributed by atoms with Gasteiger partial charge in [-0.05, 0) is 32.0 Å². The Morgan fingerprint density at radius 1 is 1.20 bits per heavy atom. The summed E-state index contributed by atoms with van der Waals surface area (Å²) in [4.78, 5) is 8.41. The van der Waals surface area contributed by atoms with E-state index in [4.69, 9.17) is 10.5 Å². The van der Waals surface area contributed by atoms with Crippen molar-refractivity contribution in [2.45, 2.75) is 13.8 Å². The number of nitrogens with zero attached hydrogens (tertiary/aromatic N) is 4. The second-order valence-electron chi connectivity index (χ2n) is 4.68. The largest absolute Gasteiger partial charge is 0.434 e. The Balaban J connectivity index is 2.11. The molecule has 0 bridgehead atoms. The van der Waals surface area contributed by atoms with Crippen LogP contribution in [0.4, 0.5) is 5.69 Å². The SMILES string of the molecule is Cc1nn(C)c(C)c1Oc1ncnc2cc(N)ccc12. The molecule has 0 aliphatic carbocycles. The summed E-state index contributed by atoms with van der Waals surface area (Å²) in [5.74, 6) is 1.23. The lowest BCUT2D eigenvalue weighted by molar-refractivity contribution is 0.460. The number of fused-ring (bicyclic) bond motifs is 1.